The number of anilines is 8. The van der Waals surface area contributed by atoms with Crippen molar-refractivity contribution in [3.8, 4) is 0 Å². The molecule has 0 fully saturated rings. The fourth-order valence-electron chi connectivity index (χ4n) is 13.6. The molecule has 0 saturated heterocycles. The molecule has 74 heavy (non-hydrogen) atoms. The van der Waals surface area contributed by atoms with Gasteiger partial charge in [-0.1, -0.05) is 198 Å². The van der Waals surface area contributed by atoms with E-state index in [1.165, 1.54) is 112 Å². The van der Waals surface area contributed by atoms with Crippen molar-refractivity contribution in [2.24, 2.45) is 0 Å². The third-order valence-electron chi connectivity index (χ3n) is 17.7. The van der Waals surface area contributed by atoms with E-state index >= 15 is 0 Å². The zero-order valence-corrected chi connectivity index (χ0v) is 46.5. The Morgan fingerprint density at radius 2 is 0.946 bits per heavy atom. The summed E-state index contributed by atoms with van der Waals surface area (Å²) in [6.45, 7) is 33.0. The molecule has 12 rings (SSSR count). The lowest BCUT2D eigenvalue weighted by atomic mass is 9.33. The summed E-state index contributed by atoms with van der Waals surface area (Å²) in [4.78, 5) is 8.03. The highest BCUT2D eigenvalue weighted by Crippen LogP contribution is 2.63. The SMILES string of the molecule is Cc1cc(C(C)(C)C)ccc1N1c2ccc(C(C)(C)C)cc2B2c3ccc(N4c5ccccc5C5(c6ccccc6)Cc6ccccc6CC45C)cc3N(c3ccc(C(C)(C)C)cc3)c3cc(C(C)(C)C)cc1c32. The van der Waals surface area contributed by atoms with Gasteiger partial charge in [-0.15, -0.1) is 0 Å². The van der Waals surface area contributed by atoms with Crippen molar-refractivity contribution in [3.05, 3.63) is 220 Å². The summed E-state index contributed by atoms with van der Waals surface area (Å²) < 4.78 is 0. The molecule has 0 bridgehead atoms. The fraction of sp³-hybridized carbons (Fsp3) is 0.314. The Kier molecular flexibility index (Phi) is 10.7. The van der Waals surface area contributed by atoms with E-state index in [4.69, 9.17) is 0 Å². The first-order valence-corrected chi connectivity index (χ1v) is 27.3. The van der Waals surface area contributed by atoms with Gasteiger partial charge in [-0.3, -0.25) is 0 Å². The zero-order valence-electron chi connectivity index (χ0n) is 46.5. The van der Waals surface area contributed by atoms with E-state index in [-0.39, 0.29) is 39.3 Å². The molecule has 8 aromatic carbocycles. The summed E-state index contributed by atoms with van der Waals surface area (Å²) >= 11 is 0. The summed E-state index contributed by atoms with van der Waals surface area (Å²) in [5.74, 6) is 0. The van der Waals surface area contributed by atoms with Gasteiger partial charge < -0.3 is 14.7 Å². The summed E-state index contributed by atoms with van der Waals surface area (Å²) in [5.41, 5.74) is 25.5. The third kappa shape index (κ3) is 7.21. The molecule has 0 amide bonds. The van der Waals surface area contributed by atoms with Crippen LogP contribution < -0.4 is 31.1 Å². The van der Waals surface area contributed by atoms with E-state index in [1.54, 1.807) is 0 Å². The molecule has 3 nitrogen and oxygen atoms in total. The monoisotopic (exact) mass is 968 g/mol. The Hall–Kier alpha value is -6.78. The van der Waals surface area contributed by atoms with Gasteiger partial charge in [-0.05, 0) is 169 Å². The minimum absolute atomic E-state index is 0.0136. The molecule has 2 unspecified atom stereocenters. The van der Waals surface area contributed by atoms with E-state index < -0.39 is 0 Å². The number of para-hydroxylation sites is 1. The van der Waals surface area contributed by atoms with Crippen LogP contribution in [0.15, 0.2) is 170 Å². The van der Waals surface area contributed by atoms with Gasteiger partial charge in [-0.2, -0.15) is 0 Å². The van der Waals surface area contributed by atoms with E-state index in [9.17, 15) is 0 Å². The van der Waals surface area contributed by atoms with Crippen molar-refractivity contribution in [2.45, 2.75) is 142 Å². The van der Waals surface area contributed by atoms with Crippen LogP contribution in [0.25, 0.3) is 0 Å². The lowest BCUT2D eigenvalue weighted by Gasteiger charge is -2.53. The van der Waals surface area contributed by atoms with Crippen LogP contribution in [0.5, 0.6) is 0 Å². The van der Waals surface area contributed by atoms with E-state index in [0.717, 1.165) is 12.8 Å². The van der Waals surface area contributed by atoms with Crippen LogP contribution in [0.4, 0.5) is 45.5 Å². The second-order valence-electron chi connectivity index (χ2n) is 26.6. The van der Waals surface area contributed by atoms with Crippen LogP contribution in [0, 0.1) is 6.92 Å². The molecular weight excluding hydrogens is 894 g/mol. The number of hydrogen-bond donors (Lipinski definition) is 0. The number of benzene rings is 8. The quantitative estimate of drug-likeness (QED) is 0.163. The number of rotatable bonds is 4. The lowest BCUT2D eigenvalue weighted by Crippen LogP contribution is -2.62. The van der Waals surface area contributed by atoms with Crippen LogP contribution in [-0.2, 0) is 39.9 Å². The van der Waals surface area contributed by atoms with Gasteiger partial charge in [0.25, 0.3) is 6.71 Å². The molecule has 2 atom stereocenters. The molecule has 0 spiro atoms. The molecule has 3 heterocycles. The fourth-order valence-corrected chi connectivity index (χ4v) is 13.6. The van der Waals surface area contributed by atoms with E-state index in [0.29, 0.717) is 0 Å². The Bertz CT molecular complexity index is 3540. The predicted molar refractivity (Wildman–Crippen MR) is 318 cm³/mol. The molecule has 4 aliphatic rings. The Labute approximate surface area is 443 Å². The van der Waals surface area contributed by atoms with Crippen molar-refractivity contribution in [1.82, 2.24) is 0 Å². The first kappa shape index (κ1) is 48.2. The average Bonchev–Trinajstić information content (AvgIpc) is 3.61. The summed E-state index contributed by atoms with van der Waals surface area (Å²) in [7, 11) is 0. The van der Waals surface area contributed by atoms with E-state index in [2.05, 4.69) is 281 Å². The van der Waals surface area contributed by atoms with Crippen LogP contribution in [-0.4, -0.2) is 12.3 Å². The molecule has 8 aromatic rings. The van der Waals surface area contributed by atoms with Crippen LogP contribution in [0.2, 0.25) is 0 Å². The summed E-state index contributed by atoms with van der Waals surface area (Å²) in [6, 6.07) is 66.8. The van der Waals surface area contributed by atoms with Crippen molar-refractivity contribution in [2.75, 3.05) is 14.7 Å². The Balaban J connectivity index is 1.16. The second-order valence-corrected chi connectivity index (χ2v) is 26.6. The number of hydrogen-bond acceptors (Lipinski definition) is 3. The maximum Gasteiger partial charge on any atom is 0.252 e. The molecule has 0 N–H and O–H groups in total. The zero-order chi connectivity index (χ0) is 52.1. The summed E-state index contributed by atoms with van der Waals surface area (Å²) in [6.07, 6.45) is 1.85. The molecule has 0 radical (unpaired) electrons. The van der Waals surface area contributed by atoms with Gasteiger partial charge in [-0.25, -0.2) is 0 Å². The highest BCUT2D eigenvalue weighted by Gasteiger charge is 2.62. The number of aryl methyl sites for hydroxylation is 1. The molecule has 0 saturated carbocycles. The van der Waals surface area contributed by atoms with Crippen LogP contribution in [0.3, 0.4) is 0 Å². The van der Waals surface area contributed by atoms with Gasteiger partial charge in [0.15, 0.2) is 0 Å². The summed E-state index contributed by atoms with van der Waals surface area (Å²) in [5, 5.41) is 0. The first-order chi connectivity index (χ1) is 35.0. The molecule has 0 aromatic heterocycles. The minimum Gasteiger partial charge on any atom is -0.334 e. The number of fused-ring (bicyclic) bond motifs is 8. The molecule has 372 valence electrons. The topological polar surface area (TPSA) is 9.72 Å². The van der Waals surface area contributed by atoms with Crippen molar-refractivity contribution < 1.29 is 0 Å². The second kappa shape index (κ2) is 16.4. The molecule has 1 aliphatic carbocycles. The predicted octanol–water partition coefficient (Wildman–Crippen LogP) is 16.3. The Morgan fingerprint density at radius 3 is 1.58 bits per heavy atom. The largest absolute Gasteiger partial charge is 0.334 e. The first-order valence-electron chi connectivity index (χ1n) is 27.3. The standard InChI is InChI=1S/C70H74BN3/c1-45-38-50(66(5,6)7)30-36-58(45)73-60-37-31-51(67(8,9)10)39-57(60)71-56-35-34-54(42-61(56)72(53-32-28-48(29-33-53)65(2,3)4)62-40-52(68(11,12)13)41-63(73)64(62)71)74-59-27-21-20-26-55(59)70(49-24-16-15-17-25-49)44-47-23-19-18-22-46(47)43-69(70,74)14/h15-42H,43-44H2,1-14H3. The normalized spacial score (nSPS) is 18.8. The maximum absolute atomic E-state index is 2.76. The van der Waals surface area contributed by atoms with E-state index in [1.807, 2.05) is 0 Å². The third-order valence-corrected chi connectivity index (χ3v) is 17.7. The highest BCUT2D eigenvalue weighted by molar-refractivity contribution is 7.00. The van der Waals surface area contributed by atoms with Crippen LogP contribution >= 0.6 is 0 Å². The maximum atomic E-state index is 2.76. The van der Waals surface area contributed by atoms with Crippen molar-refractivity contribution in [1.29, 1.82) is 0 Å². The van der Waals surface area contributed by atoms with Gasteiger partial charge in [0.1, 0.15) is 0 Å². The Morgan fingerprint density at radius 1 is 0.405 bits per heavy atom. The van der Waals surface area contributed by atoms with Gasteiger partial charge in [0.2, 0.25) is 0 Å². The lowest BCUT2D eigenvalue weighted by molar-refractivity contribution is 0.281. The van der Waals surface area contributed by atoms with Crippen molar-refractivity contribution >= 4 is 68.6 Å². The van der Waals surface area contributed by atoms with Gasteiger partial charge in [0.05, 0.1) is 5.54 Å². The van der Waals surface area contributed by atoms with Gasteiger partial charge in [0, 0.05) is 50.9 Å². The average molecular weight is 968 g/mol. The smallest absolute Gasteiger partial charge is 0.252 e. The minimum atomic E-state index is -0.334. The molecular formula is C70H74BN3. The molecule has 4 heteroatoms. The molecule has 3 aliphatic heterocycles. The number of nitrogens with zero attached hydrogens (tertiary/aromatic N) is 3. The van der Waals surface area contributed by atoms with Gasteiger partial charge >= 0.3 is 0 Å². The highest BCUT2D eigenvalue weighted by atomic mass is 15.3. The van der Waals surface area contributed by atoms with Crippen molar-refractivity contribution in [3.63, 3.8) is 0 Å². The van der Waals surface area contributed by atoms with Crippen LogP contribution in [0.1, 0.15) is 140 Å².